The Hall–Kier alpha value is -3.02. The summed E-state index contributed by atoms with van der Waals surface area (Å²) in [5.74, 6) is -1.18. The van der Waals surface area contributed by atoms with Gasteiger partial charge in [-0.25, -0.2) is 4.98 Å². The molecule has 6 heteroatoms. The number of aromatic nitrogens is 4. The van der Waals surface area contributed by atoms with Crippen LogP contribution in [-0.2, 0) is 17.6 Å². The van der Waals surface area contributed by atoms with E-state index in [0.717, 1.165) is 16.8 Å². The Balaban J connectivity index is 1.72. The van der Waals surface area contributed by atoms with E-state index in [9.17, 15) is 9.59 Å². The molecule has 2 heterocycles. The number of hydrogen-bond acceptors (Lipinski definition) is 4. The van der Waals surface area contributed by atoms with Crippen LogP contribution in [0.4, 0.5) is 0 Å². The maximum absolute atomic E-state index is 12.1. The van der Waals surface area contributed by atoms with Gasteiger partial charge < -0.3 is 4.98 Å². The van der Waals surface area contributed by atoms with Crippen molar-refractivity contribution < 1.29 is 9.59 Å². The highest BCUT2D eigenvalue weighted by molar-refractivity contribution is 6.43. The van der Waals surface area contributed by atoms with Crippen molar-refractivity contribution >= 4 is 11.6 Å². The van der Waals surface area contributed by atoms with Crippen molar-refractivity contribution in [2.45, 2.75) is 19.8 Å². The minimum absolute atomic E-state index is 0.0226. The van der Waals surface area contributed by atoms with E-state index in [-0.39, 0.29) is 12.2 Å². The molecule has 2 aromatic heterocycles. The zero-order chi connectivity index (χ0) is 16.2. The molecule has 23 heavy (non-hydrogen) atoms. The van der Waals surface area contributed by atoms with E-state index >= 15 is 0 Å². The van der Waals surface area contributed by atoms with E-state index in [4.69, 9.17) is 0 Å². The third kappa shape index (κ3) is 3.42. The summed E-state index contributed by atoms with van der Waals surface area (Å²) < 4.78 is 0. The van der Waals surface area contributed by atoms with Gasteiger partial charge in [-0.3, -0.25) is 14.7 Å². The van der Waals surface area contributed by atoms with Crippen molar-refractivity contribution in [3.05, 3.63) is 71.1 Å². The molecule has 1 aromatic carbocycles. The number of carbonyl (C=O) groups excluding carboxylic acids is 2. The van der Waals surface area contributed by atoms with Crippen LogP contribution in [0.25, 0.3) is 0 Å². The summed E-state index contributed by atoms with van der Waals surface area (Å²) in [6.07, 6.45) is 3.72. The van der Waals surface area contributed by atoms with Gasteiger partial charge in [0.15, 0.2) is 5.82 Å². The van der Waals surface area contributed by atoms with Crippen LogP contribution in [0.15, 0.2) is 42.9 Å². The van der Waals surface area contributed by atoms with Gasteiger partial charge >= 0.3 is 0 Å². The number of nitrogens with one attached hydrogen (secondary N) is 2. The van der Waals surface area contributed by atoms with Gasteiger partial charge in [-0.1, -0.05) is 29.8 Å². The summed E-state index contributed by atoms with van der Waals surface area (Å²) in [6.45, 7) is 2.04. The lowest BCUT2D eigenvalue weighted by Crippen LogP contribution is -2.18. The van der Waals surface area contributed by atoms with Crippen LogP contribution in [0.1, 0.15) is 33.0 Å². The van der Waals surface area contributed by atoms with Crippen molar-refractivity contribution in [2.24, 2.45) is 0 Å². The summed E-state index contributed by atoms with van der Waals surface area (Å²) in [5.41, 5.74) is 4.11. The maximum atomic E-state index is 12.1. The van der Waals surface area contributed by atoms with Crippen LogP contribution in [0.3, 0.4) is 0 Å². The Labute approximate surface area is 133 Å². The first kappa shape index (κ1) is 14.9. The molecule has 0 radical (unpaired) electrons. The minimum Gasteiger partial charge on any atom is -0.364 e. The van der Waals surface area contributed by atoms with Gasteiger partial charge in [0.1, 0.15) is 6.33 Å². The molecule has 0 spiro atoms. The summed E-state index contributed by atoms with van der Waals surface area (Å²) in [5, 5.41) is 6.01. The fraction of sp³-hybridized carbons (Fsp3) is 0.176. The number of aromatic amines is 2. The molecular formula is C17H16N4O2. The Morgan fingerprint density at radius 1 is 1.13 bits per heavy atom. The third-order valence-electron chi connectivity index (χ3n) is 3.67. The standard InChI is InChI=1S/C17H16N4O2/c1-11-2-4-12(5-3-11)8-14-13(6-7-18-14)9-15(22)16(23)17-19-10-20-21-17/h2-7,10,18H,8-9H2,1H3,(H,19,20,21). The van der Waals surface area contributed by atoms with Crippen molar-refractivity contribution in [3.63, 3.8) is 0 Å². The van der Waals surface area contributed by atoms with E-state index in [2.05, 4.69) is 44.4 Å². The smallest absolute Gasteiger partial charge is 0.265 e. The number of benzene rings is 1. The van der Waals surface area contributed by atoms with Crippen molar-refractivity contribution in [2.75, 3.05) is 0 Å². The number of Topliss-reactive ketones (excluding diaryl/α,β-unsaturated/α-hetero) is 2. The molecule has 2 N–H and O–H groups in total. The molecule has 0 aliphatic rings. The summed E-state index contributed by atoms with van der Waals surface area (Å²) in [4.78, 5) is 30.9. The van der Waals surface area contributed by atoms with Gasteiger partial charge in [-0.05, 0) is 24.1 Å². The lowest BCUT2D eigenvalue weighted by Gasteiger charge is -2.04. The molecule has 116 valence electrons. The molecule has 0 aliphatic heterocycles. The van der Waals surface area contributed by atoms with Crippen molar-refractivity contribution in [3.8, 4) is 0 Å². The average Bonchev–Trinajstić information content (AvgIpc) is 3.21. The molecule has 6 nitrogen and oxygen atoms in total. The van der Waals surface area contributed by atoms with E-state index in [1.54, 1.807) is 6.20 Å². The van der Waals surface area contributed by atoms with Crippen LogP contribution in [0, 0.1) is 6.92 Å². The predicted octanol–water partition coefficient (Wildman–Crippen LogP) is 2.03. The molecule has 0 aliphatic carbocycles. The van der Waals surface area contributed by atoms with Crippen molar-refractivity contribution in [1.29, 1.82) is 0 Å². The lowest BCUT2D eigenvalue weighted by atomic mass is 10.0. The Morgan fingerprint density at radius 3 is 2.61 bits per heavy atom. The topological polar surface area (TPSA) is 91.5 Å². The van der Waals surface area contributed by atoms with Crippen LogP contribution >= 0.6 is 0 Å². The van der Waals surface area contributed by atoms with Gasteiger partial charge in [0.25, 0.3) is 5.78 Å². The quantitative estimate of drug-likeness (QED) is 0.538. The second-order valence-corrected chi connectivity index (χ2v) is 5.41. The first-order valence-electron chi connectivity index (χ1n) is 7.27. The second-order valence-electron chi connectivity index (χ2n) is 5.41. The fourth-order valence-electron chi connectivity index (χ4n) is 2.38. The monoisotopic (exact) mass is 308 g/mol. The largest absolute Gasteiger partial charge is 0.364 e. The lowest BCUT2D eigenvalue weighted by molar-refractivity contribution is -0.114. The van der Waals surface area contributed by atoms with Gasteiger partial charge in [0.2, 0.25) is 5.78 Å². The van der Waals surface area contributed by atoms with E-state index in [1.807, 2.05) is 13.0 Å². The van der Waals surface area contributed by atoms with Gasteiger partial charge in [-0.2, -0.15) is 5.10 Å². The Morgan fingerprint density at radius 2 is 1.91 bits per heavy atom. The molecule has 0 amide bonds. The summed E-state index contributed by atoms with van der Waals surface area (Å²) >= 11 is 0. The Kier molecular flexibility index (Phi) is 4.14. The van der Waals surface area contributed by atoms with Gasteiger partial charge in [0.05, 0.1) is 0 Å². The Bertz CT molecular complexity index is 817. The number of H-pyrrole nitrogens is 2. The average molecular weight is 308 g/mol. The molecule has 3 aromatic rings. The van der Waals surface area contributed by atoms with Crippen molar-refractivity contribution in [1.82, 2.24) is 20.2 Å². The summed E-state index contributed by atoms with van der Waals surface area (Å²) in [6, 6.07) is 10.0. The van der Waals surface area contributed by atoms with Gasteiger partial charge in [-0.15, -0.1) is 0 Å². The number of nitrogens with zero attached hydrogens (tertiary/aromatic N) is 2. The van der Waals surface area contributed by atoms with Crippen LogP contribution in [0.2, 0.25) is 0 Å². The maximum Gasteiger partial charge on any atom is 0.265 e. The normalized spacial score (nSPS) is 10.7. The predicted molar refractivity (Wildman–Crippen MR) is 84.2 cm³/mol. The second kappa shape index (κ2) is 6.39. The molecule has 3 rings (SSSR count). The molecule has 0 fully saturated rings. The highest BCUT2D eigenvalue weighted by atomic mass is 16.2. The number of hydrogen-bond donors (Lipinski definition) is 2. The SMILES string of the molecule is Cc1ccc(Cc2[nH]ccc2CC(=O)C(=O)c2ncn[nH]2)cc1. The minimum atomic E-state index is -0.648. The highest BCUT2D eigenvalue weighted by Gasteiger charge is 2.20. The van der Waals surface area contributed by atoms with E-state index < -0.39 is 11.6 Å². The first-order chi connectivity index (χ1) is 11.1. The number of aryl methyl sites for hydroxylation is 1. The molecule has 0 unspecified atom stereocenters. The third-order valence-corrected chi connectivity index (χ3v) is 3.67. The molecule has 0 saturated carbocycles. The molecule has 0 atom stereocenters. The zero-order valence-corrected chi connectivity index (χ0v) is 12.7. The molecular weight excluding hydrogens is 292 g/mol. The number of rotatable bonds is 6. The first-order valence-corrected chi connectivity index (χ1v) is 7.27. The van der Waals surface area contributed by atoms with Crippen LogP contribution in [0.5, 0.6) is 0 Å². The van der Waals surface area contributed by atoms with Crippen LogP contribution < -0.4 is 0 Å². The van der Waals surface area contributed by atoms with Crippen LogP contribution in [-0.4, -0.2) is 31.7 Å². The highest BCUT2D eigenvalue weighted by Crippen LogP contribution is 2.15. The fourth-order valence-corrected chi connectivity index (χ4v) is 2.38. The summed E-state index contributed by atoms with van der Waals surface area (Å²) in [7, 11) is 0. The van der Waals surface area contributed by atoms with E-state index in [1.165, 1.54) is 11.9 Å². The zero-order valence-electron chi connectivity index (χ0n) is 12.7. The number of ketones is 2. The van der Waals surface area contributed by atoms with Gasteiger partial charge in [0, 0.05) is 24.7 Å². The van der Waals surface area contributed by atoms with E-state index in [0.29, 0.717) is 6.42 Å². The molecule has 0 saturated heterocycles. The molecule has 0 bridgehead atoms. The number of carbonyl (C=O) groups is 2.